The maximum absolute atomic E-state index is 13.6. The number of piperazine rings is 1. The highest BCUT2D eigenvalue weighted by Gasteiger charge is 2.38. The van der Waals surface area contributed by atoms with Gasteiger partial charge in [0.2, 0.25) is 11.8 Å². The molecule has 1 saturated heterocycles. The van der Waals surface area contributed by atoms with Gasteiger partial charge in [-0.1, -0.05) is 36.4 Å². The molecule has 6 heteroatoms. The number of ether oxygens (including phenoxy) is 1. The number of nitrogens with zero attached hydrogens (tertiary/aromatic N) is 3. The van der Waals surface area contributed by atoms with Crippen LogP contribution in [0.25, 0.3) is 11.1 Å². The van der Waals surface area contributed by atoms with E-state index in [1.165, 1.54) is 6.92 Å². The highest BCUT2D eigenvalue weighted by Crippen LogP contribution is 2.32. The molecule has 1 atom stereocenters. The Bertz CT molecular complexity index is 1080. The van der Waals surface area contributed by atoms with Crippen molar-refractivity contribution in [1.82, 2.24) is 9.88 Å². The van der Waals surface area contributed by atoms with E-state index in [1.807, 2.05) is 60.7 Å². The number of carbonyl (C=O) groups is 2. The van der Waals surface area contributed by atoms with Crippen LogP contribution in [0.5, 0.6) is 5.75 Å². The summed E-state index contributed by atoms with van der Waals surface area (Å²) in [6.45, 7) is 2.43. The Kier molecular flexibility index (Phi) is 5.98. The van der Waals surface area contributed by atoms with Gasteiger partial charge in [0, 0.05) is 38.8 Å². The molecule has 3 aromatic rings. The normalized spacial score (nSPS) is 16.3. The number of anilines is 1. The minimum atomic E-state index is -0.584. The van der Waals surface area contributed by atoms with Gasteiger partial charge >= 0.3 is 0 Å². The van der Waals surface area contributed by atoms with E-state index in [0.29, 0.717) is 25.3 Å². The van der Waals surface area contributed by atoms with Crippen LogP contribution in [0, 0.1) is 0 Å². The Balaban J connectivity index is 1.70. The molecule has 1 aromatic heterocycles. The lowest BCUT2D eigenvalue weighted by molar-refractivity contribution is -0.139. The van der Waals surface area contributed by atoms with Crippen LogP contribution >= 0.6 is 0 Å². The summed E-state index contributed by atoms with van der Waals surface area (Å²) in [6, 6.07) is 18.8. The van der Waals surface area contributed by atoms with Crippen LogP contribution in [0.15, 0.2) is 73.1 Å². The summed E-state index contributed by atoms with van der Waals surface area (Å²) in [4.78, 5) is 33.5. The van der Waals surface area contributed by atoms with Crippen molar-refractivity contribution in [3.63, 3.8) is 0 Å². The molecular weight excluding hydrogens is 390 g/mol. The number of pyridine rings is 1. The third-order valence-electron chi connectivity index (χ3n) is 5.69. The Hall–Kier alpha value is -3.67. The van der Waals surface area contributed by atoms with Gasteiger partial charge in [-0.2, -0.15) is 0 Å². The largest absolute Gasteiger partial charge is 0.495 e. The summed E-state index contributed by atoms with van der Waals surface area (Å²) in [5.74, 6) is 0.443. The van der Waals surface area contributed by atoms with Crippen LogP contribution in [0.2, 0.25) is 0 Å². The Morgan fingerprint density at radius 1 is 1.03 bits per heavy atom. The Labute approximate surface area is 182 Å². The Morgan fingerprint density at radius 3 is 2.48 bits per heavy atom. The van der Waals surface area contributed by atoms with Crippen molar-refractivity contribution in [2.45, 2.75) is 19.4 Å². The molecule has 2 amide bonds. The molecule has 0 saturated carbocycles. The van der Waals surface area contributed by atoms with E-state index in [0.717, 1.165) is 22.4 Å². The quantitative estimate of drug-likeness (QED) is 0.639. The summed E-state index contributed by atoms with van der Waals surface area (Å²) < 4.78 is 5.47. The van der Waals surface area contributed by atoms with Crippen molar-refractivity contribution in [3.8, 4) is 16.9 Å². The first-order valence-electron chi connectivity index (χ1n) is 10.3. The molecule has 0 bridgehead atoms. The first kappa shape index (κ1) is 20.6. The van der Waals surface area contributed by atoms with Crippen LogP contribution < -0.4 is 9.64 Å². The molecule has 0 radical (unpaired) electrons. The second-order valence-electron chi connectivity index (χ2n) is 7.49. The molecule has 6 nitrogen and oxygen atoms in total. The molecule has 2 heterocycles. The second-order valence-corrected chi connectivity index (χ2v) is 7.49. The van der Waals surface area contributed by atoms with Crippen LogP contribution in [0.1, 0.15) is 12.5 Å². The van der Waals surface area contributed by atoms with E-state index in [-0.39, 0.29) is 11.8 Å². The van der Waals surface area contributed by atoms with Gasteiger partial charge in [-0.3, -0.25) is 14.6 Å². The fourth-order valence-corrected chi connectivity index (χ4v) is 4.17. The number of aromatic nitrogens is 1. The lowest BCUT2D eigenvalue weighted by Gasteiger charge is -2.40. The van der Waals surface area contributed by atoms with Crippen LogP contribution in [0.4, 0.5) is 5.69 Å². The Morgan fingerprint density at radius 2 is 1.74 bits per heavy atom. The molecule has 1 unspecified atom stereocenters. The number of hydrogen-bond acceptors (Lipinski definition) is 4. The first-order chi connectivity index (χ1) is 15.1. The van der Waals surface area contributed by atoms with E-state index in [2.05, 4.69) is 4.98 Å². The molecule has 4 rings (SSSR count). The molecular formula is C25H25N3O3. The summed E-state index contributed by atoms with van der Waals surface area (Å²) in [7, 11) is 1.59. The van der Waals surface area contributed by atoms with Crippen molar-refractivity contribution in [2.24, 2.45) is 0 Å². The van der Waals surface area contributed by atoms with Crippen molar-refractivity contribution in [3.05, 3.63) is 78.6 Å². The van der Waals surface area contributed by atoms with Crippen molar-refractivity contribution in [1.29, 1.82) is 0 Å². The number of hydrogen-bond donors (Lipinski definition) is 0. The second kappa shape index (κ2) is 9.00. The van der Waals surface area contributed by atoms with Crippen LogP contribution in [0.3, 0.4) is 0 Å². The third kappa shape index (κ3) is 4.14. The molecule has 1 aliphatic rings. The summed E-state index contributed by atoms with van der Waals surface area (Å²) >= 11 is 0. The number of para-hydroxylation sites is 2. The van der Waals surface area contributed by atoms with Gasteiger partial charge in [-0.15, -0.1) is 0 Å². The van der Waals surface area contributed by atoms with E-state index in [4.69, 9.17) is 4.74 Å². The van der Waals surface area contributed by atoms with Crippen LogP contribution in [-0.2, 0) is 16.0 Å². The van der Waals surface area contributed by atoms with E-state index < -0.39 is 6.04 Å². The summed E-state index contributed by atoms with van der Waals surface area (Å²) in [5, 5.41) is 0. The van der Waals surface area contributed by atoms with Crippen LogP contribution in [-0.4, -0.2) is 47.9 Å². The number of carbonyl (C=O) groups excluding carboxylic acids is 2. The van der Waals surface area contributed by atoms with Crippen molar-refractivity contribution < 1.29 is 14.3 Å². The maximum Gasteiger partial charge on any atom is 0.250 e. The molecule has 0 N–H and O–H groups in total. The third-order valence-corrected chi connectivity index (χ3v) is 5.69. The van der Waals surface area contributed by atoms with Crippen molar-refractivity contribution in [2.75, 3.05) is 25.1 Å². The van der Waals surface area contributed by atoms with Gasteiger partial charge in [-0.05, 0) is 41.0 Å². The smallest absolute Gasteiger partial charge is 0.250 e. The predicted molar refractivity (Wildman–Crippen MR) is 120 cm³/mol. The maximum atomic E-state index is 13.6. The SMILES string of the molecule is COc1ccccc1N1CCN(C(C)=O)C(Cc2ccccc2-c2ccncc2)C1=O. The average Bonchev–Trinajstić information content (AvgIpc) is 2.81. The molecule has 2 aromatic carbocycles. The van der Waals surface area contributed by atoms with Crippen molar-refractivity contribution >= 4 is 17.5 Å². The lowest BCUT2D eigenvalue weighted by atomic mass is 9.93. The number of methoxy groups -OCH3 is 1. The molecule has 31 heavy (non-hydrogen) atoms. The fraction of sp³-hybridized carbons (Fsp3) is 0.240. The summed E-state index contributed by atoms with van der Waals surface area (Å²) in [6.07, 6.45) is 3.94. The standard InChI is InChI=1S/C25H25N3O3/c1-18(29)27-15-16-28(22-9-5-6-10-24(22)31-2)25(30)23(27)17-20-7-3-4-8-21(20)19-11-13-26-14-12-19/h3-14,23H,15-17H2,1-2H3. The average molecular weight is 415 g/mol. The van der Waals surface area contributed by atoms with Gasteiger partial charge < -0.3 is 14.5 Å². The zero-order valence-electron chi connectivity index (χ0n) is 17.7. The zero-order chi connectivity index (χ0) is 21.8. The number of benzene rings is 2. The predicted octanol–water partition coefficient (Wildman–Crippen LogP) is 3.56. The minimum absolute atomic E-state index is 0.0978. The molecule has 0 spiro atoms. The van der Waals surface area contributed by atoms with E-state index in [9.17, 15) is 9.59 Å². The first-order valence-corrected chi connectivity index (χ1v) is 10.3. The summed E-state index contributed by atoms with van der Waals surface area (Å²) in [5.41, 5.74) is 3.81. The van der Waals surface area contributed by atoms with E-state index >= 15 is 0 Å². The monoisotopic (exact) mass is 415 g/mol. The van der Waals surface area contributed by atoms with Gasteiger partial charge in [0.25, 0.3) is 0 Å². The van der Waals surface area contributed by atoms with Gasteiger partial charge in [-0.25, -0.2) is 0 Å². The molecule has 158 valence electrons. The highest BCUT2D eigenvalue weighted by atomic mass is 16.5. The van der Waals surface area contributed by atoms with Gasteiger partial charge in [0.1, 0.15) is 11.8 Å². The lowest BCUT2D eigenvalue weighted by Crippen LogP contribution is -2.59. The minimum Gasteiger partial charge on any atom is -0.495 e. The van der Waals surface area contributed by atoms with Gasteiger partial charge in [0.15, 0.2) is 0 Å². The zero-order valence-corrected chi connectivity index (χ0v) is 17.7. The number of rotatable bonds is 5. The van der Waals surface area contributed by atoms with Gasteiger partial charge in [0.05, 0.1) is 12.8 Å². The molecule has 1 aliphatic heterocycles. The highest BCUT2D eigenvalue weighted by molar-refractivity contribution is 6.01. The molecule has 1 fully saturated rings. The fourth-order valence-electron chi connectivity index (χ4n) is 4.17. The van der Waals surface area contributed by atoms with E-state index in [1.54, 1.807) is 29.3 Å². The molecule has 0 aliphatic carbocycles. The topological polar surface area (TPSA) is 62.7 Å². The number of amides is 2.